The summed E-state index contributed by atoms with van der Waals surface area (Å²) < 4.78 is 31.8. The van der Waals surface area contributed by atoms with Crippen molar-refractivity contribution >= 4 is 0 Å². The summed E-state index contributed by atoms with van der Waals surface area (Å²) in [4.78, 5) is 0. The van der Waals surface area contributed by atoms with Gasteiger partial charge in [-0.1, -0.05) is 30.3 Å². The minimum atomic E-state index is -3.21. The molecule has 2 aromatic rings. The van der Waals surface area contributed by atoms with E-state index in [2.05, 4.69) is 0 Å². The molecule has 2 nitrogen and oxygen atoms in total. The average molecular weight is 264 g/mol. The van der Waals surface area contributed by atoms with Gasteiger partial charge in [0.25, 0.3) is 5.92 Å². The first kappa shape index (κ1) is 13.5. The number of benzene rings is 2. The smallest absolute Gasteiger partial charge is 0.295 e. The van der Waals surface area contributed by atoms with Crippen molar-refractivity contribution in [1.82, 2.24) is 0 Å². The maximum atomic E-state index is 13.2. The third-order valence-corrected chi connectivity index (χ3v) is 2.72. The summed E-state index contributed by atoms with van der Waals surface area (Å²) in [5.41, 5.74) is 0.786. The normalized spacial score (nSPS) is 11.3. The van der Waals surface area contributed by atoms with E-state index in [1.165, 1.54) is 24.3 Å². The molecule has 0 spiro atoms. The van der Waals surface area contributed by atoms with Crippen LogP contribution < -0.4 is 4.74 Å². The summed E-state index contributed by atoms with van der Waals surface area (Å²) in [6, 6.07) is 15.0. The first-order valence-electron chi connectivity index (χ1n) is 5.88. The van der Waals surface area contributed by atoms with E-state index >= 15 is 0 Å². The number of ether oxygens (including phenoxy) is 1. The SMILES string of the molecule is OCC(F)(F)c1ccc(OCc2ccccc2)cc1. The van der Waals surface area contributed by atoms with Crippen molar-refractivity contribution in [2.24, 2.45) is 0 Å². The number of aliphatic hydroxyl groups is 1. The highest BCUT2D eigenvalue weighted by molar-refractivity contribution is 5.30. The highest BCUT2D eigenvalue weighted by Gasteiger charge is 2.30. The molecule has 100 valence electrons. The average Bonchev–Trinajstić information content (AvgIpc) is 2.47. The van der Waals surface area contributed by atoms with Crippen LogP contribution in [0.5, 0.6) is 5.75 Å². The fourth-order valence-corrected chi connectivity index (χ4v) is 1.63. The molecule has 0 radical (unpaired) electrons. The Balaban J connectivity index is 2.00. The Hall–Kier alpha value is -1.94. The van der Waals surface area contributed by atoms with E-state index in [9.17, 15) is 8.78 Å². The lowest BCUT2D eigenvalue weighted by Crippen LogP contribution is -2.18. The van der Waals surface area contributed by atoms with E-state index in [0.29, 0.717) is 12.4 Å². The van der Waals surface area contributed by atoms with E-state index in [-0.39, 0.29) is 5.56 Å². The largest absolute Gasteiger partial charge is 0.489 e. The van der Waals surface area contributed by atoms with Gasteiger partial charge < -0.3 is 9.84 Å². The van der Waals surface area contributed by atoms with Crippen molar-refractivity contribution in [2.75, 3.05) is 6.61 Å². The maximum absolute atomic E-state index is 13.2. The van der Waals surface area contributed by atoms with E-state index in [0.717, 1.165) is 5.56 Å². The van der Waals surface area contributed by atoms with Crippen molar-refractivity contribution in [3.63, 3.8) is 0 Å². The van der Waals surface area contributed by atoms with Crippen LogP contribution in [0.25, 0.3) is 0 Å². The van der Waals surface area contributed by atoms with Crippen LogP contribution in [0.15, 0.2) is 54.6 Å². The molecule has 2 aromatic carbocycles. The fraction of sp³-hybridized carbons (Fsp3) is 0.200. The van der Waals surface area contributed by atoms with Crippen LogP contribution in [0.2, 0.25) is 0 Å². The van der Waals surface area contributed by atoms with Crippen LogP contribution in [0.3, 0.4) is 0 Å². The highest BCUT2D eigenvalue weighted by atomic mass is 19.3. The quantitative estimate of drug-likeness (QED) is 0.897. The first-order chi connectivity index (χ1) is 9.12. The number of halogens is 2. The number of aliphatic hydroxyl groups excluding tert-OH is 1. The standard InChI is InChI=1S/C15H14F2O2/c16-15(17,11-18)13-6-8-14(9-7-13)19-10-12-4-2-1-3-5-12/h1-9,18H,10-11H2. The van der Waals surface area contributed by atoms with Crippen LogP contribution in [-0.2, 0) is 12.5 Å². The molecule has 0 aliphatic carbocycles. The molecule has 0 aliphatic heterocycles. The molecule has 19 heavy (non-hydrogen) atoms. The van der Waals surface area contributed by atoms with Crippen molar-refractivity contribution in [3.8, 4) is 5.75 Å². The molecule has 0 bridgehead atoms. The van der Waals surface area contributed by atoms with Gasteiger partial charge in [-0.05, 0) is 29.8 Å². The predicted molar refractivity (Wildman–Crippen MR) is 68.2 cm³/mol. The van der Waals surface area contributed by atoms with E-state index in [4.69, 9.17) is 9.84 Å². The van der Waals surface area contributed by atoms with Gasteiger partial charge >= 0.3 is 0 Å². The van der Waals surface area contributed by atoms with Crippen LogP contribution in [-0.4, -0.2) is 11.7 Å². The predicted octanol–water partition coefficient (Wildman–Crippen LogP) is 3.35. The molecule has 0 saturated carbocycles. The van der Waals surface area contributed by atoms with Crippen LogP contribution >= 0.6 is 0 Å². The summed E-state index contributed by atoms with van der Waals surface area (Å²) in [5, 5.41) is 8.59. The van der Waals surface area contributed by atoms with Crippen LogP contribution in [0, 0.1) is 0 Å². The molecule has 0 aliphatic rings. The van der Waals surface area contributed by atoms with Crippen molar-refractivity contribution < 1.29 is 18.6 Å². The first-order valence-corrected chi connectivity index (χ1v) is 5.88. The Morgan fingerprint density at radius 3 is 2.16 bits per heavy atom. The lowest BCUT2D eigenvalue weighted by Gasteiger charge is -2.14. The summed E-state index contributed by atoms with van der Waals surface area (Å²) >= 11 is 0. The second-order valence-electron chi connectivity index (χ2n) is 4.16. The monoisotopic (exact) mass is 264 g/mol. The lowest BCUT2D eigenvalue weighted by atomic mass is 10.1. The van der Waals surface area contributed by atoms with Crippen molar-refractivity contribution in [1.29, 1.82) is 0 Å². The minimum Gasteiger partial charge on any atom is -0.489 e. The molecule has 0 heterocycles. The summed E-state index contributed by atoms with van der Waals surface area (Å²) in [5.74, 6) is -2.70. The third kappa shape index (κ3) is 3.51. The van der Waals surface area contributed by atoms with E-state index in [1.54, 1.807) is 0 Å². The summed E-state index contributed by atoms with van der Waals surface area (Å²) in [6.45, 7) is -0.812. The molecule has 4 heteroatoms. The molecule has 1 N–H and O–H groups in total. The maximum Gasteiger partial charge on any atom is 0.295 e. The number of hydrogen-bond donors (Lipinski definition) is 1. The lowest BCUT2D eigenvalue weighted by molar-refractivity contribution is -0.0556. The van der Waals surface area contributed by atoms with Crippen molar-refractivity contribution in [2.45, 2.75) is 12.5 Å². The third-order valence-electron chi connectivity index (χ3n) is 2.72. The zero-order chi connectivity index (χ0) is 13.7. The molecule has 0 fully saturated rings. The van der Waals surface area contributed by atoms with Gasteiger partial charge in [0.15, 0.2) is 0 Å². The van der Waals surface area contributed by atoms with Gasteiger partial charge in [-0.25, -0.2) is 0 Å². The fourth-order valence-electron chi connectivity index (χ4n) is 1.63. The van der Waals surface area contributed by atoms with Gasteiger partial charge in [-0.2, -0.15) is 8.78 Å². The van der Waals surface area contributed by atoms with Gasteiger partial charge in [-0.3, -0.25) is 0 Å². The van der Waals surface area contributed by atoms with Gasteiger partial charge in [-0.15, -0.1) is 0 Å². The zero-order valence-electron chi connectivity index (χ0n) is 10.2. The summed E-state index contributed by atoms with van der Waals surface area (Å²) in [6.07, 6.45) is 0. The molecule has 0 atom stereocenters. The second-order valence-corrected chi connectivity index (χ2v) is 4.16. The van der Waals surface area contributed by atoms with Crippen molar-refractivity contribution in [3.05, 3.63) is 65.7 Å². The summed E-state index contributed by atoms with van der Waals surface area (Å²) in [7, 11) is 0. The Bertz CT molecular complexity index is 509. The Morgan fingerprint density at radius 1 is 0.947 bits per heavy atom. The minimum absolute atomic E-state index is 0.220. The molecular formula is C15H14F2O2. The van der Waals surface area contributed by atoms with Gasteiger partial charge in [0, 0.05) is 5.56 Å². The number of rotatable bonds is 5. The zero-order valence-corrected chi connectivity index (χ0v) is 10.2. The van der Waals surface area contributed by atoms with Gasteiger partial charge in [0.05, 0.1) is 0 Å². The molecule has 0 amide bonds. The van der Waals surface area contributed by atoms with Gasteiger partial charge in [0.1, 0.15) is 19.0 Å². The Labute approximate surface area is 110 Å². The van der Waals surface area contributed by atoms with Crippen LogP contribution in [0.1, 0.15) is 11.1 Å². The van der Waals surface area contributed by atoms with Gasteiger partial charge in [0.2, 0.25) is 0 Å². The second kappa shape index (κ2) is 5.80. The Morgan fingerprint density at radius 2 is 1.58 bits per heavy atom. The van der Waals surface area contributed by atoms with Crippen LogP contribution in [0.4, 0.5) is 8.78 Å². The topological polar surface area (TPSA) is 29.5 Å². The molecule has 0 saturated heterocycles. The molecule has 2 rings (SSSR count). The van der Waals surface area contributed by atoms with E-state index < -0.39 is 12.5 Å². The molecule has 0 unspecified atom stereocenters. The number of hydrogen-bond acceptors (Lipinski definition) is 2. The van der Waals surface area contributed by atoms with E-state index in [1.807, 2.05) is 30.3 Å². The Kier molecular flexibility index (Phi) is 4.12. The number of alkyl halides is 2. The molecular weight excluding hydrogens is 250 g/mol. The highest BCUT2D eigenvalue weighted by Crippen LogP contribution is 2.28. The molecule has 0 aromatic heterocycles.